The van der Waals surface area contributed by atoms with E-state index in [0.717, 1.165) is 17.2 Å². The van der Waals surface area contributed by atoms with Gasteiger partial charge in [0.1, 0.15) is 12.9 Å². The molecule has 14 heteroatoms. The third-order valence-corrected chi connectivity index (χ3v) is 8.03. The quantitative estimate of drug-likeness (QED) is 0.372. The average Bonchev–Trinajstić information content (AvgIpc) is 3.69. The van der Waals surface area contributed by atoms with Gasteiger partial charge in [-0.3, -0.25) is 19.3 Å². The van der Waals surface area contributed by atoms with E-state index in [0.29, 0.717) is 42.0 Å². The van der Waals surface area contributed by atoms with Gasteiger partial charge in [0.15, 0.2) is 6.23 Å². The van der Waals surface area contributed by atoms with Crippen LogP contribution in [0.1, 0.15) is 56.7 Å². The highest BCUT2D eigenvalue weighted by Gasteiger charge is 2.42. The first kappa shape index (κ1) is 35.7. The Morgan fingerprint density at radius 1 is 1.06 bits per heavy atom. The van der Waals surface area contributed by atoms with Gasteiger partial charge in [0.25, 0.3) is 17.7 Å². The lowest BCUT2D eigenvalue weighted by atomic mass is 10.0. The van der Waals surface area contributed by atoms with Gasteiger partial charge >= 0.3 is 12.3 Å². The number of hydrogen-bond donors (Lipinski definition) is 1. The van der Waals surface area contributed by atoms with Crippen molar-refractivity contribution >= 4 is 30.2 Å². The number of hydrogen-bond acceptors (Lipinski definition) is 9. The summed E-state index contributed by atoms with van der Waals surface area (Å²) in [6, 6.07) is 11.8. The molecule has 0 aromatic heterocycles. The SMILES string of the molecule is CC(CC(=O)N1C=NC(Cc2cccc(C(F)(F)F)c2)O1)CN1CCC[C@H]1C(=O)N(C(=O)OCc1ccccc1)C(=O)[C@@H](N)C(C)C. The molecule has 0 saturated carbocycles. The van der Waals surface area contributed by atoms with E-state index < -0.39 is 53.9 Å². The molecule has 11 nitrogen and oxygen atoms in total. The molecule has 4 atom stereocenters. The maximum absolute atomic E-state index is 13.8. The molecule has 2 heterocycles. The normalized spacial score (nSPS) is 19.5. The van der Waals surface area contributed by atoms with Gasteiger partial charge < -0.3 is 10.5 Å². The summed E-state index contributed by atoms with van der Waals surface area (Å²) in [7, 11) is 0. The van der Waals surface area contributed by atoms with Crippen molar-refractivity contribution in [2.24, 2.45) is 22.6 Å². The van der Waals surface area contributed by atoms with Crippen LogP contribution in [-0.2, 0) is 43.2 Å². The number of nitrogens with two attached hydrogens (primary N) is 1. The van der Waals surface area contributed by atoms with Crippen molar-refractivity contribution in [1.82, 2.24) is 14.9 Å². The molecule has 0 bridgehead atoms. The molecule has 4 amide bonds. The van der Waals surface area contributed by atoms with Gasteiger partial charge in [0, 0.05) is 19.4 Å². The molecule has 2 aliphatic heterocycles. The number of rotatable bonds is 11. The maximum Gasteiger partial charge on any atom is 0.423 e. The van der Waals surface area contributed by atoms with Crippen LogP contribution in [0, 0.1) is 11.8 Å². The molecule has 2 aromatic carbocycles. The highest BCUT2D eigenvalue weighted by atomic mass is 19.4. The molecule has 254 valence electrons. The number of carbonyl (C=O) groups is 4. The number of benzene rings is 2. The number of hydroxylamine groups is 2. The van der Waals surface area contributed by atoms with E-state index in [1.165, 1.54) is 18.5 Å². The number of carbonyl (C=O) groups excluding carboxylic acids is 4. The Morgan fingerprint density at radius 2 is 1.77 bits per heavy atom. The zero-order chi connectivity index (χ0) is 34.3. The first-order chi connectivity index (χ1) is 22.2. The second-order valence-electron chi connectivity index (χ2n) is 12.2. The standard InChI is InChI=1S/C33H40F3N5O6/c1-21(2)29(37)31(44)41(32(45)46-19-23-9-5-4-6-10-23)30(43)26-13-8-14-39(26)18-22(3)15-28(42)40-20-38-27(47-40)17-24-11-7-12-25(16-24)33(34,35)36/h4-7,9-12,16,20-22,26-27,29H,8,13-15,17-19,37H2,1-3H3/t22?,26-,27?,29-/m0/s1. The van der Waals surface area contributed by atoms with Crippen molar-refractivity contribution in [2.75, 3.05) is 13.1 Å². The van der Waals surface area contributed by atoms with Crippen LogP contribution in [0.5, 0.6) is 0 Å². The van der Waals surface area contributed by atoms with E-state index in [9.17, 15) is 32.3 Å². The molecule has 1 fully saturated rings. The van der Waals surface area contributed by atoms with E-state index in [2.05, 4.69) is 4.99 Å². The highest BCUT2D eigenvalue weighted by molar-refractivity contribution is 6.11. The number of ether oxygens (including phenoxy) is 1. The Morgan fingerprint density at radius 3 is 2.45 bits per heavy atom. The molecule has 0 radical (unpaired) electrons. The van der Waals surface area contributed by atoms with Crippen LogP contribution in [0.25, 0.3) is 0 Å². The second kappa shape index (κ2) is 15.6. The molecule has 0 aliphatic carbocycles. The van der Waals surface area contributed by atoms with Gasteiger partial charge in [0.2, 0.25) is 0 Å². The minimum atomic E-state index is -4.48. The van der Waals surface area contributed by atoms with Gasteiger partial charge in [-0.15, -0.1) is 0 Å². The fourth-order valence-electron chi connectivity index (χ4n) is 5.44. The number of likely N-dealkylation sites (tertiary alicyclic amines) is 1. The maximum atomic E-state index is 13.8. The number of amides is 4. The molecular formula is C33H40F3N5O6. The molecule has 2 unspecified atom stereocenters. The summed E-state index contributed by atoms with van der Waals surface area (Å²) in [4.78, 5) is 65.3. The van der Waals surface area contributed by atoms with Gasteiger partial charge in [-0.2, -0.15) is 23.1 Å². The lowest BCUT2D eigenvalue weighted by Crippen LogP contribution is -2.56. The van der Waals surface area contributed by atoms with Crippen molar-refractivity contribution in [3.63, 3.8) is 0 Å². The number of alkyl halides is 3. The molecule has 2 aliphatic rings. The lowest BCUT2D eigenvalue weighted by molar-refractivity contribution is -0.168. The highest BCUT2D eigenvalue weighted by Crippen LogP contribution is 2.30. The van der Waals surface area contributed by atoms with Crippen molar-refractivity contribution < 1.29 is 41.9 Å². The number of nitrogens with zero attached hydrogens (tertiary/aromatic N) is 4. The Bertz CT molecular complexity index is 1450. The van der Waals surface area contributed by atoms with Crippen molar-refractivity contribution in [1.29, 1.82) is 0 Å². The van der Waals surface area contributed by atoms with E-state index in [-0.39, 0.29) is 31.3 Å². The Labute approximate surface area is 271 Å². The van der Waals surface area contributed by atoms with Crippen LogP contribution < -0.4 is 5.73 Å². The van der Waals surface area contributed by atoms with Crippen LogP contribution in [0.15, 0.2) is 59.6 Å². The molecule has 4 rings (SSSR count). The molecule has 2 aromatic rings. The first-order valence-corrected chi connectivity index (χ1v) is 15.5. The van der Waals surface area contributed by atoms with Gasteiger partial charge in [-0.1, -0.05) is 69.3 Å². The monoisotopic (exact) mass is 659 g/mol. The Balaban J connectivity index is 1.34. The second-order valence-corrected chi connectivity index (χ2v) is 12.2. The first-order valence-electron chi connectivity index (χ1n) is 15.5. The van der Waals surface area contributed by atoms with E-state index in [1.807, 2.05) is 17.9 Å². The summed E-state index contributed by atoms with van der Waals surface area (Å²) in [6.07, 6.45) is -4.15. The third-order valence-electron chi connectivity index (χ3n) is 8.03. The number of halogens is 3. The number of aliphatic imine (C=N–C) groups is 1. The predicted octanol–water partition coefficient (Wildman–Crippen LogP) is 4.54. The summed E-state index contributed by atoms with van der Waals surface area (Å²) in [5, 5.41) is 0.970. The summed E-state index contributed by atoms with van der Waals surface area (Å²) in [6.45, 7) is 5.92. The molecule has 2 N–H and O–H groups in total. The average molecular weight is 660 g/mol. The van der Waals surface area contributed by atoms with Crippen molar-refractivity contribution in [3.05, 3.63) is 71.3 Å². The Hall–Kier alpha value is -4.14. The fourth-order valence-corrected chi connectivity index (χ4v) is 5.44. The van der Waals surface area contributed by atoms with E-state index in [4.69, 9.17) is 15.3 Å². The van der Waals surface area contributed by atoms with Crippen LogP contribution in [0.4, 0.5) is 18.0 Å². The third kappa shape index (κ3) is 9.46. The Kier molecular flexibility index (Phi) is 11.9. The van der Waals surface area contributed by atoms with E-state index in [1.54, 1.807) is 38.1 Å². The largest absolute Gasteiger partial charge is 0.444 e. The fraction of sp³-hybridized carbons (Fsp3) is 0.485. The molecule has 0 spiro atoms. The summed E-state index contributed by atoms with van der Waals surface area (Å²) >= 11 is 0. The van der Waals surface area contributed by atoms with Gasteiger partial charge in [-0.05, 0) is 48.4 Å². The smallest absolute Gasteiger partial charge is 0.423 e. The summed E-state index contributed by atoms with van der Waals surface area (Å²) in [5.74, 6) is -2.61. The van der Waals surface area contributed by atoms with Crippen molar-refractivity contribution in [3.8, 4) is 0 Å². The summed E-state index contributed by atoms with van der Waals surface area (Å²) in [5.41, 5.74) is 6.34. The molecule has 47 heavy (non-hydrogen) atoms. The lowest BCUT2D eigenvalue weighted by Gasteiger charge is -2.31. The van der Waals surface area contributed by atoms with Crippen molar-refractivity contribution in [2.45, 2.75) is 77.5 Å². The minimum Gasteiger partial charge on any atom is -0.444 e. The minimum absolute atomic E-state index is 0.0136. The molecule has 1 saturated heterocycles. The number of imide groups is 3. The predicted molar refractivity (Wildman–Crippen MR) is 165 cm³/mol. The van der Waals surface area contributed by atoms with E-state index >= 15 is 0 Å². The van der Waals surface area contributed by atoms with Gasteiger partial charge in [0.05, 0.1) is 17.6 Å². The van der Waals surface area contributed by atoms with Crippen LogP contribution in [0.3, 0.4) is 0 Å². The van der Waals surface area contributed by atoms with Crippen LogP contribution in [0.2, 0.25) is 0 Å². The van der Waals surface area contributed by atoms with Crippen LogP contribution in [-0.4, -0.2) is 76.4 Å². The zero-order valence-corrected chi connectivity index (χ0v) is 26.6. The van der Waals surface area contributed by atoms with Gasteiger partial charge in [-0.25, -0.2) is 14.6 Å². The summed E-state index contributed by atoms with van der Waals surface area (Å²) < 4.78 is 44.6. The van der Waals surface area contributed by atoms with Crippen LogP contribution >= 0.6 is 0 Å². The topological polar surface area (TPSA) is 135 Å². The molecular weight excluding hydrogens is 619 g/mol. The zero-order valence-electron chi connectivity index (χ0n) is 26.6.